The van der Waals surface area contributed by atoms with Gasteiger partial charge in [0.1, 0.15) is 6.10 Å². The summed E-state index contributed by atoms with van der Waals surface area (Å²) in [5.41, 5.74) is 0. The van der Waals surface area contributed by atoms with Crippen LogP contribution >= 0.6 is 0 Å². The Morgan fingerprint density at radius 1 is 1.41 bits per heavy atom. The number of amides is 1. The van der Waals surface area contributed by atoms with Gasteiger partial charge < -0.3 is 20.1 Å². The molecule has 2 unspecified atom stereocenters. The van der Waals surface area contributed by atoms with Crippen molar-refractivity contribution in [3.05, 3.63) is 24.3 Å². The summed E-state index contributed by atoms with van der Waals surface area (Å²) in [6.07, 6.45) is 2.63. The lowest BCUT2D eigenvalue weighted by atomic mass is 10.0. The Morgan fingerprint density at radius 2 is 2.18 bits per heavy atom. The molecule has 5 heteroatoms. The second kappa shape index (κ2) is 8.63. The van der Waals surface area contributed by atoms with Gasteiger partial charge in [-0.15, -0.1) is 0 Å². The summed E-state index contributed by atoms with van der Waals surface area (Å²) < 4.78 is 11.1. The predicted octanol–water partition coefficient (Wildman–Crippen LogP) is 1.97. The third-order valence-electron chi connectivity index (χ3n) is 3.93. The Balaban J connectivity index is 1.68. The molecule has 0 spiro atoms. The van der Waals surface area contributed by atoms with E-state index in [4.69, 9.17) is 9.47 Å². The number of nitrogens with one attached hydrogen (secondary N) is 2. The quantitative estimate of drug-likeness (QED) is 0.771. The van der Waals surface area contributed by atoms with Crippen molar-refractivity contribution in [3.8, 4) is 11.5 Å². The smallest absolute Gasteiger partial charge is 0.220 e. The van der Waals surface area contributed by atoms with E-state index >= 15 is 0 Å². The molecular weight excluding hydrogens is 280 g/mol. The van der Waals surface area contributed by atoms with Crippen LogP contribution in [0.2, 0.25) is 0 Å². The van der Waals surface area contributed by atoms with Gasteiger partial charge in [0.05, 0.1) is 13.7 Å². The highest BCUT2D eigenvalue weighted by atomic mass is 16.5. The SMILES string of the molecule is COc1ccccc1OC(C)CNC(=O)CCC1CCNC1. The summed E-state index contributed by atoms with van der Waals surface area (Å²) in [6, 6.07) is 7.52. The van der Waals surface area contributed by atoms with Crippen molar-refractivity contribution in [1.29, 1.82) is 0 Å². The number of hydrogen-bond donors (Lipinski definition) is 2. The number of ether oxygens (including phenoxy) is 2. The molecule has 2 N–H and O–H groups in total. The van der Waals surface area contributed by atoms with Gasteiger partial charge in [-0.05, 0) is 50.9 Å². The summed E-state index contributed by atoms with van der Waals surface area (Å²) in [5, 5.41) is 6.26. The molecule has 0 bridgehead atoms. The molecule has 1 heterocycles. The minimum atomic E-state index is -0.103. The standard InChI is InChI=1S/C17H26N2O3/c1-13(22-16-6-4-3-5-15(16)21-2)11-19-17(20)8-7-14-9-10-18-12-14/h3-6,13-14,18H,7-12H2,1-2H3,(H,19,20). The van der Waals surface area contributed by atoms with Crippen molar-refractivity contribution in [1.82, 2.24) is 10.6 Å². The Labute approximate surface area is 132 Å². The van der Waals surface area contributed by atoms with E-state index in [1.165, 1.54) is 6.42 Å². The van der Waals surface area contributed by atoms with Crippen LogP contribution in [-0.4, -0.2) is 38.8 Å². The summed E-state index contributed by atoms with van der Waals surface area (Å²) >= 11 is 0. The number of methoxy groups -OCH3 is 1. The number of carbonyl (C=O) groups excluding carboxylic acids is 1. The van der Waals surface area contributed by atoms with E-state index in [0.29, 0.717) is 30.4 Å². The van der Waals surface area contributed by atoms with Crippen molar-refractivity contribution in [2.45, 2.75) is 32.3 Å². The largest absolute Gasteiger partial charge is 0.493 e. The first-order valence-corrected chi connectivity index (χ1v) is 7.96. The zero-order valence-electron chi connectivity index (χ0n) is 13.4. The monoisotopic (exact) mass is 306 g/mol. The lowest BCUT2D eigenvalue weighted by Gasteiger charge is -2.17. The molecule has 1 fully saturated rings. The lowest BCUT2D eigenvalue weighted by molar-refractivity contribution is -0.121. The van der Waals surface area contributed by atoms with Crippen LogP contribution in [0.25, 0.3) is 0 Å². The normalized spacial score (nSPS) is 18.7. The zero-order chi connectivity index (χ0) is 15.8. The van der Waals surface area contributed by atoms with Crippen molar-refractivity contribution >= 4 is 5.91 Å². The molecule has 0 aromatic heterocycles. The molecule has 1 saturated heterocycles. The lowest BCUT2D eigenvalue weighted by Crippen LogP contribution is -2.33. The second-order valence-electron chi connectivity index (χ2n) is 5.78. The van der Waals surface area contributed by atoms with Crippen LogP contribution < -0.4 is 20.1 Å². The molecule has 122 valence electrons. The first kappa shape index (κ1) is 16.6. The van der Waals surface area contributed by atoms with E-state index in [2.05, 4.69) is 10.6 Å². The van der Waals surface area contributed by atoms with Crippen LogP contribution in [-0.2, 0) is 4.79 Å². The molecule has 1 amide bonds. The Morgan fingerprint density at radius 3 is 2.86 bits per heavy atom. The Kier molecular flexibility index (Phi) is 6.52. The Bertz CT molecular complexity index is 473. The maximum absolute atomic E-state index is 11.9. The van der Waals surface area contributed by atoms with E-state index in [1.54, 1.807) is 7.11 Å². The molecular formula is C17H26N2O3. The summed E-state index contributed by atoms with van der Waals surface area (Å²) in [6.45, 7) is 4.56. The summed E-state index contributed by atoms with van der Waals surface area (Å²) in [5.74, 6) is 2.15. The number of benzene rings is 1. The van der Waals surface area contributed by atoms with Gasteiger partial charge in [0.2, 0.25) is 5.91 Å². The topological polar surface area (TPSA) is 59.6 Å². The number of para-hydroxylation sites is 2. The number of rotatable bonds is 8. The Hall–Kier alpha value is -1.75. The van der Waals surface area contributed by atoms with E-state index < -0.39 is 0 Å². The van der Waals surface area contributed by atoms with Gasteiger partial charge in [-0.3, -0.25) is 4.79 Å². The average Bonchev–Trinajstić information content (AvgIpc) is 3.05. The molecule has 1 aromatic carbocycles. The van der Waals surface area contributed by atoms with E-state index in [1.807, 2.05) is 31.2 Å². The van der Waals surface area contributed by atoms with Crippen molar-refractivity contribution in [2.75, 3.05) is 26.7 Å². The van der Waals surface area contributed by atoms with Gasteiger partial charge in [0.25, 0.3) is 0 Å². The molecule has 2 atom stereocenters. The number of hydrogen-bond acceptors (Lipinski definition) is 4. The summed E-state index contributed by atoms with van der Waals surface area (Å²) in [4.78, 5) is 11.9. The number of carbonyl (C=O) groups is 1. The second-order valence-corrected chi connectivity index (χ2v) is 5.78. The van der Waals surface area contributed by atoms with E-state index in [0.717, 1.165) is 19.5 Å². The van der Waals surface area contributed by atoms with Crippen molar-refractivity contribution in [3.63, 3.8) is 0 Å². The average molecular weight is 306 g/mol. The highest BCUT2D eigenvalue weighted by Gasteiger charge is 2.16. The highest BCUT2D eigenvalue weighted by molar-refractivity contribution is 5.75. The maximum Gasteiger partial charge on any atom is 0.220 e. The third-order valence-corrected chi connectivity index (χ3v) is 3.93. The first-order valence-electron chi connectivity index (χ1n) is 7.96. The molecule has 0 radical (unpaired) electrons. The van der Waals surface area contributed by atoms with Crippen LogP contribution in [0.4, 0.5) is 0 Å². The van der Waals surface area contributed by atoms with E-state index in [-0.39, 0.29) is 12.0 Å². The van der Waals surface area contributed by atoms with Gasteiger partial charge >= 0.3 is 0 Å². The van der Waals surface area contributed by atoms with Crippen LogP contribution in [0.5, 0.6) is 11.5 Å². The van der Waals surface area contributed by atoms with E-state index in [9.17, 15) is 4.79 Å². The fourth-order valence-electron chi connectivity index (χ4n) is 2.62. The molecule has 1 aliphatic heterocycles. The fourth-order valence-corrected chi connectivity index (χ4v) is 2.62. The first-order chi connectivity index (χ1) is 10.7. The molecule has 2 rings (SSSR count). The summed E-state index contributed by atoms with van der Waals surface area (Å²) in [7, 11) is 1.62. The molecule has 0 aliphatic carbocycles. The van der Waals surface area contributed by atoms with Crippen LogP contribution in [0, 0.1) is 5.92 Å². The molecule has 22 heavy (non-hydrogen) atoms. The van der Waals surface area contributed by atoms with Gasteiger partial charge in [-0.1, -0.05) is 12.1 Å². The zero-order valence-corrected chi connectivity index (χ0v) is 13.4. The van der Waals surface area contributed by atoms with Crippen LogP contribution in [0.3, 0.4) is 0 Å². The maximum atomic E-state index is 11.9. The molecule has 1 aliphatic rings. The molecule has 5 nitrogen and oxygen atoms in total. The highest BCUT2D eigenvalue weighted by Crippen LogP contribution is 2.26. The van der Waals surface area contributed by atoms with Crippen molar-refractivity contribution in [2.24, 2.45) is 5.92 Å². The van der Waals surface area contributed by atoms with Crippen LogP contribution in [0.1, 0.15) is 26.2 Å². The van der Waals surface area contributed by atoms with Gasteiger partial charge in [0.15, 0.2) is 11.5 Å². The third kappa shape index (κ3) is 5.22. The molecule has 1 aromatic rings. The molecule has 0 saturated carbocycles. The fraction of sp³-hybridized carbons (Fsp3) is 0.588. The van der Waals surface area contributed by atoms with Gasteiger partial charge in [-0.25, -0.2) is 0 Å². The van der Waals surface area contributed by atoms with Gasteiger partial charge in [0, 0.05) is 6.42 Å². The predicted molar refractivity (Wildman–Crippen MR) is 86.3 cm³/mol. The van der Waals surface area contributed by atoms with Crippen LogP contribution in [0.15, 0.2) is 24.3 Å². The minimum Gasteiger partial charge on any atom is -0.493 e. The van der Waals surface area contributed by atoms with Crippen molar-refractivity contribution < 1.29 is 14.3 Å². The minimum absolute atomic E-state index is 0.0994. The van der Waals surface area contributed by atoms with Gasteiger partial charge in [-0.2, -0.15) is 0 Å².